The molecule has 0 saturated carbocycles. The molecular formula is C13H28N2O. The second-order valence-corrected chi connectivity index (χ2v) is 6.67. The maximum absolute atomic E-state index is 11.9. The van der Waals surface area contributed by atoms with Gasteiger partial charge in [0.25, 0.3) is 0 Å². The number of nitrogens with zero attached hydrogens (tertiary/aromatic N) is 1. The average Bonchev–Trinajstić information content (AvgIpc) is 2.12. The Balaban J connectivity index is 4.10. The van der Waals surface area contributed by atoms with Gasteiger partial charge in [0.1, 0.15) is 0 Å². The summed E-state index contributed by atoms with van der Waals surface area (Å²) in [6.07, 6.45) is 1.56. The molecule has 2 N–H and O–H groups in total. The van der Waals surface area contributed by atoms with Crippen LogP contribution in [-0.2, 0) is 4.79 Å². The van der Waals surface area contributed by atoms with Gasteiger partial charge in [0.05, 0.1) is 0 Å². The predicted octanol–water partition coefficient (Wildman–Crippen LogP) is 2.26. The summed E-state index contributed by atoms with van der Waals surface area (Å²) in [6.45, 7) is 12.0. The van der Waals surface area contributed by atoms with Crippen molar-refractivity contribution in [2.45, 2.75) is 47.5 Å². The van der Waals surface area contributed by atoms with Gasteiger partial charge >= 0.3 is 0 Å². The fourth-order valence-electron chi connectivity index (χ4n) is 1.24. The molecule has 0 fully saturated rings. The van der Waals surface area contributed by atoms with Crippen molar-refractivity contribution in [1.29, 1.82) is 0 Å². The molecule has 0 aliphatic carbocycles. The van der Waals surface area contributed by atoms with E-state index in [9.17, 15) is 4.79 Å². The molecule has 3 heteroatoms. The molecule has 0 unspecified atom stereocenters. The van der Waals surface area contributed by atoms with E-state index in [-0.39, 0.29) is 16.7 Å². The number of hydrogen-bond acceptors (Lipinski definition) is 2. The molecule has 0 spiro atoms. The average molecular weight is 228 g/mol. The van der Waals surface area contributed by atoms with Crippen LogP contribution in [0.5, 0.6) is 0 Å². The van der Waals surface area contributed by atoms with E-state index in [1.807, 2.05) is 25.8 Å². The third-order valence-corrected chi connectivity index (χ3v) is 2.81. The largest absolute Gasteiger partial charge is 0.346 e. The third-order valence-electron chi connectivity index (χ3n) is 2.81. The number of carbonyl (C=O) groups is 1. The molecule has 0 heterocycles. The predicted molar refractivity (Wildman–Crippen MR) is 69.2 cm³/mol. The molecule has 96 valence electrons. The topological polar surface area (TPSA) is 46.3 Å². The van der Waals surface area contributed by atoms with Gasteiger partial charge in [0, 0.05) is 20.0 Å². The van der Waals surface area contributed by atoms with Crippen LogP contribution < -0.4 is 5.73 Å². The van der Waals surface area contributed by atoms with E-state index in [0.717, 1.165) is 13.0 Å². The Bertz CT molecular complexity index is 229. The molecule has 0 radical (unpaired) electrons. The van der Waals surface area contributed by atoms with Gasteiger partial charge in [0.2, 0.25) is 5.91 Å². The molecule has 0 rings (SSSR count). The monoisotopic (exact) mass is 228 g/mol. The highest BCUT2D eigenvalue weighted by atomic mass is 16.2. The van der Waals surface area contributed by atoms with Crippen LogP contribution in [-0.4, -0.2) is 30.9 Å². The maximum atomic E-state index is 11.9. The Morgan fingerprint density at radius 1 is 1.19 bits per heavy atom. The van der Waals surface area contributed by atoms with Crippen LogP contribution in [0.2, 0.25) is 0 Å². The standard InChI is InChI=1S/C13H28N2O/c1-12(2,3)7-8-15(6)11(16)9-13(4,5)10-14/h7-10,14H2,1-6H3. The SMILES string of the molecule is CN(CCC(C)(C)C)C(=O)CC(C)(C)CN. The van der Waals surface area contributed by atoms with Crippen molar-refractivity contribution < 1.29 is 4.79 Å². The second-order valence-electron chi connectivity index (χ2n) is 6.67. The fourth-order valence-corrected chi connectivity index (χ4v) is 1.24. The number of amides is 1. The Morgan fingerprint density at radius 2 is 1.69 bits per heavy atom. The van der Waals surface area contributed by atoms with Gasteiger partial charge in [0.15, 0.2) is 0 Å². The van der Waals surface area contributed by atoms with Crippen molar-refractivity contribution in [3.8, 4) is 0 Å². The molecule has 0 aromatic heterocycles. The van der Waals surface area contributed by atoms with Crippen LogP contribution in [0.3, 0.4) is 0 Å². The first-order chi connectivity index (χ1) is 7.07. The number of rotatable bonds is 5. The van der Waals surface area contributed by atoms with Crippen LogP contribution in [0.25, 0.3) is 0 Å². The number of nitrogens with two attached hydrogens (primary N) is 1. The minimum absolute atomic E-state index is 0.0902. The summed E-state index contributed by atoms with van der Waals surface area (Å²) in [5.41, 5.74) is 5.81. The van der Waals surface area contributed by atoms with Gasteiger partial charge in [-0.1, -0.05) is 34.6 Å². The van der Waals surface area contributed by atoms with Gasteiger partial charge in [-0.3, -0.25) is 4.79 Å². The number of hydrogen-bond donors (Lipinski definition) is 1. The lowest BCUT2D eigenvalue weighted by Crippen LogP contribution is -2.35. The van der Waals surface area contributed by atoms with E-state index in [2.05, 4.69) is 20.8 Å². The number of carbonyl (C=O) groups excluding carboxylic acids is 1. The van der Waals surface area contributed by atoms with Gasteiger partial charge in [-0.25, -0.2) is 0 Å². The first-order valence-corrected chi connectivity index (χ1v) is 6.01. The minimum atomic E-state index is -0.0902. The van der Waals surface area contributed by atoms with Crippen molar-refractivity contribution >= 4 is 5.91 Å². The quantitative estimate of drug-likeness (QED) is 0.784. The maximum Gasteiger partial charge on any atom is 0.222 e. The Hall–Kier alpha value is -0.570. The summed E-state index contributed by atoms with van der Waals surface area (Å²) in [7, 11) is 1.88. The Morgan fingerprint density at radius 3 is 2.06 bits per heavy atom. The molecule has 1 amide bonds. The highest BCUT2D eigenvalue weighted by Gasteiger charge is 2.23. The fraction of sp³-hybridized carbons (Fsp3) is 0.923. The van der Waals surface area contributed by atoms with Gasteiger partial charge in [-0.05, 0) is 23.8 Å². The lowest BCUT2D eigenvalue weighted by Gasteiger charge is -2.27. The minimum Gasteiger partial charge on any atom is -0.346 e. The van der Waals surface area contributed by atoms with Crippen LogP contribution >= 0.6 is 0 Å². The lowest BCUT2D eigenvalue weighted by atomic mass is 9.88. The molecule has 0 saturated heterocycles. The molecule has 0 aromatic carbocycles. The van der Waals surface area contributed by atoms with Crippen molar-refractivity contribution in [1.82, 2.24) is 4.90 Å². The molecule has 0 aromatic rings. The van der Waals surface area contributed by atoms with Gasteiger partial charge < -0.3 is 10.6 Å². The van der Waals surface area contributed by atoms with Crippen LogP contribution in [0, 0.1) is 10.8 Å². The molecular weight excluding hydrogens is 200 g/mol. The van der Waals surface area contributed by atoms with Crippen molar-refractivity contribution in [2.24, 2.45) is 16.6 Å². The van der Waals surface area contributed by atoms with E-state index in [4.69, 9.17) is 5.73 Å². The Kier molecular flexibility index (Phi) is 5.47. The van der Waals surface area contributed by atoms with Gasteiger partial charge in [-0.15, -0.1) is 0 Å². The first kappa shape index (κ1) is 15.4. The van der Waals surface area contributed by atoms with Crippen LogP contribution in [0.15, 0.2) is 0 Å². The lowest BCUT2D eigenvalue weighted by molar-refractivity contribution is -0.132. The molecule has 0 bridgehead atoms. The zero-order chi connectivity index (χ0) is 13.0. The normalized spacial score (nSPS) is 12.7. The first-order valence-electron chi connectivity index (χ1n) is 6.01. The zero-order valence-corrected chi connectivity index (χ0v) is 11.8. The summed E-state index contributed by atoms with van der Waals surface area (Å²) in [6, 6.07) is 0. The summed E-state index contributed by atoms with van der Waals surface area (Å²) in [4.78, 5) is 13.7. The van der Waals surface area contributed by atoms with E-state index < -0.39 is 0 Å². The van der Waals surface area contributed by atoms with E-state index in [1.165, 1.54) is 0 Å². The molecule has 3 nitrogen and oxygen atoms in total. The smallest absolute Gasteiger partial charge is 0.222 e. The molecule has 16 heavy (non-hydrogen) atoms. The highest BCUT2D eigenvalue weighted by Crippen LogP contribution is 2.21. The van der Waals surface area contributed by atoms with Crippen molar-refractivity contribution in [2.75, 3.05) is 20.1 Å². The third kappa shape index (κ3) is 6.83. The van der Waals surface area contributed by atoms with Crippen molar-refractivity contribution in [3.05, 3.63) is 0 Å². The highest BCUT2D eigenvalue weighted by molar-refractivity contribution is 5.76. The summed E-state index contributed by atoms with van der Waals surface area (Å²) < 4.78 is 0. The van der Waals surface area contributed by atoms with E-state index in [1.54, 1.807) is 0 Å². The molecule has 0 atom stereocenters. The zero-order valence-electron chi connectivity index (χ0n) is 11.8. The Labute approximate surface area is 100 Å². The van der Waals surface area contributed by atoms with E-state index >= 15 is 0 Å². The molecule has 0 aliphatic rings. The van der Waals surface area contributed by atoms with Gasteiger partial charge in [-0.2, -0.15) is 0 Å². The summed E-state index contributed by atoms with van der Waals surface area (Å²) in [5, 5.41) is 0. The van der Waals surface area contributed by atoms with E-state index in [0.29, 0.717) is 13.0 Å². The molecule has 0 aliphatic heterocycles. The summed E-state index contributed by atoms with van der Waals surface area (Å²) >= 11 is 0. The summed E-state index contributed by atoms with van der Waals surface area (Å²) in [5.74, 6) is 0.194. The van der Waals surface area contributed by atoms with Crippen LogP contribution in [0.4, 0.5) is 0 Å². The second kappa shape index (κ2) is 5.67. The van der Waals surface area contributed by atoms with Crippen LogP contribution in [0.1, 0.15) is 47.5 Å². The van der Waals surface area contributed by atoms with Crippen molar-refractivity contribution in [3.63, 3.8) is 0 Å².